The number of nitriles is 1. The Bertz CT molecular complexity index is 1530. The third-order valence-electron chi connectivity index (χ3n) is 6.59. The van der Waals surface area contributed by atoms with Crippen molar-refractivity contribution in [1.29, 1.82) is 5.26 Å². The summed E-state index contributed by atoms with van der Waals surface area (Å²) in [5.41, 5.74) is 3.59. The number of nitrogens with zero attached hydrogens (tertiary/aromatic N) is 6. The lowest BCUT2D eigenvalue weighted by Gasteiger charge is -2.36. The van der Waals surface area contributed by atoms with E-state index in [1.165, 1.54) is 29.6 Å². The van der Waals surface area contributed by atoms with Crippen LogP contribution in [0.2, 0.25) is 0 Å². The number of hydrogen-bond acceptors (Lipinski definition) is 9. The van der Waals surface area contributed by atoms with Gasteiger partial charge < -0.3 is 25.2 Å². The average molecular weight is 503 g/mol. The molecule has 0 radical (unpaired) electrons. The van der Waals surface area contributed by atoms with Gasteiger partial charge in [-0.25, -0.2) is 9.97 Å². The van der Waals surface area contributed by atoms with Crippen molar-refractivity contribution in [1.82, 2.24) is 30.2 Å². The molecule has 0 bridgehead atoms. The summed E-state index contributed by atoms with van der Waals surface area (Å²) in [5.74, 6) is -1.54. The highest BCUT2D eigenvalue weighted by Crippen LogP contribution is 2.38. The molecule has 1 atom stereocenters. The number of carbonyl (C=O) groups is 2. The van der Waals surface area contributed by atoms with Crippen molar-refractivity contribution in [3.8, 4) is 16.6 Å². The van der Waals surface area contributed by atoms with E-state index >= 15 is 0 Å². The molecule has 0 aromatic carbocycles. The second kappa shape index (κ2) is 8.85. The Labute approximate surface area is 209 Å². The molecule has 36 heavy (non-hydrogen) atoms. The van der Waals surface area contributed by atoms with Gasteiger partial charge in [0, 0.05) is 38.6 Å². The van der Waals surface area contributed by atoms with Gasteiger partial charge in [-0.3, -0.25) is 14.6 Å². The zero-order chi connectivity index (χ0) is 24.8. The molecule has 182 valence electrons. The van der Waals surface area contributed by atoms with Crippen LogP contribution in [0.5, 0.6) is 0 Å². The summed E-state index contributed by atoms with van der Waals surface area (Å²) in [6, 6.07) is 6.09. The molecule has 0 spiro atoms. The van der Waals surface area contributed by atoms with Crippen molar-refractivity contribution < 1.29 is 14.7 Å². The molecule has 11 nitrogen and oxygen atoms in total. The predicted octanol–water partition coefficient (Wildman–Crippen LogP) is 1.86. The van der Waals surface area contributed by atoms with Crippen molar-refractivity contribution in [2.75, 3.05) is 31.1 Å². The maximum Gasteiger partial charge on any atom is 0.272 e. The number of amides is 2. The summed E-state index contributed by atoms with van der Waals surface area (Å²) in [4.78, 5) is 46.3. The summed E-state index contributed by atoms with van der Waals surface area (Å²) in [6.45, 7) is 2.55. The lowest BCUT2D eigenvalue weighted by molar-refractivity contribution is -0.146. The maximum absolute atomic E-state index is 12.9. The van der Waals surface area contributed by atoms with Crippen LogP contribution in [0.3, 0.4) is 0 Å². The smallest absolute Gasteiger partial charge is 0.272 e. The number of likely N-dealkylation sites (tertiary alicyclic amines) is 1. The largest absolute Gasteiger partial charge is 0.370 e. The molecular formula is C24H22N8O3S. The number of aliphatic hydroxyl groups excluding tert-OH is 1. The van der Waals surface area contributed by atoms with Crippen LogP contribution in [0, 0.1) is 17.2 Å². The number of anilines is 1. The first-order chi connectivity index (χ1) is 17.5. The fraction of sp³-hybridized carbons (Fsp3) is 0.333. The summed E-state index contributed by atoms with van der Waals surface area (Å²) in [6.07, 6.45) is 5.57. The average Bonchev–Trinajstić information content (AvgIpc) is 3.61. The van der Waals surface area contributed by atoms with Crippen LogP contribution in [0.15, 0.2) is 30.7 Å². The number of pyridine rings is 1. The molecule has 2 fully saturated rings. The first kappa shape index (κ1) is 22.4. The van der Waals surface area contributed by atoms with Crippen LogP contribution in [0.1, 0.15) is 23.2 Å². The quantitative estimate of drug-likeness (QED) is 0.350. The molecule has 4 aromatic heterocycles. The minimum atomic E-state index is -1.71. The summed E-state index contributed by atoms with van der Waals surface area (Å²) in [5, 5.41) is 21.4. The Balaban J connectivity index is 1.26. The molecule has 0 saturated carbocycles. The second-order valence-electron chi connectivity index (χ2n) is 8.95. The van der Waals surface area contributed by atoms with E-state index in [0.717, 1.165) is 28.2 Å². The molecule has 12 heteroatoms. The van der Waals surface area contributed by atoms with Gasteiger partial charge in [0.1, 0.15) is 5.52 Å². The van der Waals surface area contributed by atoms with Gasteiger partial charge >= 0.3 is 0 Å². The molecule has 3 N–H and O–H groups in total. The standard InChI is InChI=1S/C24H22N8O3S/c25-8-13-11-32(12-13)24(35)23(34)30-22(33)14-9-27-21-19(14)29-16(10-28-21)18-7-15-20(36-18)17(3-4-26-15)31-5-1-2-6-31/h3-4,7,9-10,13,23,34H,1-2,5-6,11-12H2,(H,27,28)(H,30,33)/t23-/m1/s1. The minimum absolute atomic E-state index is 0.168. The van der Waals surface area contributed by atoms with Gasteiger partial charge in [0.2, 0.25) is 6.23 Å². The van der Waals surface area contributed by atoms with E-state index in [2.05, 4.69) is 36.2 Å². The number of rotatable bonds is 5. The molecule has 0 unspecified atom stereocenters. The van der Waals surface area contributed by atoms with Crippen LogP contribution >= 0.6 is 11.3 Å². The second-order valence-corrected chi connectivity index (χ2v) is 10.0. The molecule has 2 saturated heterocycles. The summed E-state index contributed by atoms with van der Waals surface area (Å²) in [7, 11) is 0. The third kappa shape index (κ3) is 3.82. The van der Waals surface area contributed by atoms with E-state index in [0.29, 0.717) is 16.9 Å². The van der Waals surface area contributed by atoms with Gasteiger partial charge in [0.25, 0.3) is 11.8 Å². The Morgan fingerprint density at radius 2 is 2.08 bits per heavy atom. The van der Waals surface area contributed by atoms with Crippen LogP contribution in [-0.4, -0.2) is 74.2 Å². The minimum Gasteiger partial charge on any atom is -0.370 e. The first-order valence-electron chi connectivity index (χ1n) is 11.7. The van der Waals surface area contributed by atoms with Crippen LogP contribution in [-0.2, 0) is 4.79 Å². The third-order valence-corrected chi connectivity index (χ3v) is 7.76. The highest BCUT2D eigenvalue weighted by atomic mass is 32.1. The lowest BCUT2D eigenvalue weighted by atomic mass is 10.0. The lowest BCUT2D eigenvalue weighted by Crippen LogP contribution is -2.56. The number of H-pyrrole nitrogens is 1. The van der Waals surface area contributed by atoms with Gasteiger partial charge in [-0.05, 0) is 25.0 Å². The van der Waals surface area contributed by atoms with Gasteiger partial charge in [0.15, 0.2) is 5.65 Å². The van der Waals surface area contributed by atoms with Crippen molar-refractivity contribution in [3.63, 3.8) is 0 Å². The normalized spacial score (nSPS) is 16.8. The number of hydrogen-bond donors (Lipinski definition) is 3. The number of thiophene rings is 1. The van der Waals surface area contributed by atoms with Crippen LogP contribution in [0.4, 0.5) is 5.69 Å². The Hall–Kier alpha value is -4.08. The molecule has 0 aliphatic carbocycles. The number of aliphatic hydroxyl groups is 1. The number of aromatic nitrogens is 4. The van der Waals surface area contributed by atoms with E-state index in [4.69, 9.17) is 5.26 Å². The van der Waals surface area contributed by atoms with Crippen LogP contribution < -0.4 is 10.2 Å². The Morgan fingerprint density at radius 1 is 1.28 bits per heavy atom. The molecule has 6 heterocycles. The molecule has 2 amide bonds. The zero-order valence-corrected chi connectivity index (χ0v) is 20.0. The fourth-order valence-electron chi connectivity index (χ4n) is 4.62. The van der Waals surface area contributed by atoms with E-state index in [1.807, 2.05) is 18.3 Å². The molecule has 2 aliphatic heterocycles. The van der Waals surface area contributed by atoms with Gasteiger partial charge in [0.05, 0.1) is 50.2 Å². The van der Waals surface area contributed by atoms with Gasteiger partial charge in [-0.1, -0.05) is 0 Å². The SMILES string of the molecule is N#CC1CN(C(=O)[C@@H](O)NC(=O)c2c[nH]c3ncc(-c4cc5nccc(N6CCCC6)c5s4)nc23)C1. The fourth-order valence-corrected chi connectivity index (χ4v) is 5.73. The van der Waals surface area contributed by atoms with E-state index in [-0.39, 0.29) is 24.6 Å². The number of nitrogens with one attached hydrogen (secondary N) is 2. The summed E-state index contributed by atoms with van der Waals surface area (Å²) >= 11 is 1.59. The predicted molar refractivity (Wildman–Crippen MR) is 133 cm³/mol. The molecular weight excluding hydrogens is 480 g/mol. The van der Waals surface area contributed by atoms with Crippen molar-refractivity contribution in [2.24, 2.45) is 5.92 Å². The molecule has 4 aromatic rings. The number of fused-ring (bicyclic) bond motifs is 2. The van der Waals surface area contributed by atoms with E-state index in [1.54, 1.807) is 17.5 Å². The zero-order valence-electron chi connectivity index (χ0n) is 19.1. The topological polar surface area (TPSA) is 151 Å². The summed E-state index contributed by atoms with van der Waals surface area (Å²) < 4.78 is 1.09. The number of carbonyl (C=O) groups excluding carboxylic acids is 2. The Kier molecular flexibility index (Phi) is 5.50. The van der Waals surface area contributed by atoms with Gasteiger partial charge in [-0.15, -0.1) is 11.3 Å². The van der Waals surface area contributed by atoms with E-state index < -0.39 is 18.0 Å². The Morgan fingerprint density at radius 3 is 2.86 bits per heavy atom. The van der Waals surface area contributed by atoms with E-state index in [9.17, 15) is 14.7 Å². The molecule has 6 rings (SSSR count). The molecule has 2 aliphatic rings. The monoisotopic (exact) mass is 502 g/mol. The maximum atomic E-state index is 12.9. The van der Waals surface area contributed by atoms with Crippen molar-refractivity contribution in [3.05, 3.63) is 36.3 Å². The highest BCUT2D eigenvalue weighted by Gasteiger charge is 2.34. The first-order valence-corrected chi connectivity index (χ1v) is 12.5. The number of aromatic amines is 1. The van der Waals surface area contributed by atoms with Crippen LogP contribution in [0.25, 0.3) is 32.0 Å². The highest BCUT2D eigenvalue weighted by molar-refractivity contribution is 7.22. The van der Waals surface area contributed by atoms with Gasteiger partial charge in [-0.2, -0.15) is 5.26 Å². The van der Waals surface area contributed by atoms with Crippen molar-refractivity contribution in [2.45, 2.75) is 19.1 Å². The van der Waals surface area contributed by atoms with Crippen molar-refractivity contribution >= 4 is 50.2 Å².